The molecule has 0 spiro atoms. The van der Waals surface area contributed by atoms with Gasteiger partial charge in [0.05, 0.1) is 0 Å². The Morgan fingerprint density at radius 3 is 2.94 bits per heavy atom. The fraction of sp³-hybridized carbons (Fsp3) is 0.611. The van der Waals surface area contributed by atoms with E-state index in [9.17, 15) is 14.8 Å². The van der Waals surface area contributed by atoms with Gasteiger partial charge in [-0.2, -0.15) is 0 Å². The van der Waals surface area contributed by atoms with Crippen LogP contribution in [0.15, 0.2) is 10.6 Å². The third-order valence-corrected chi connectivity index (χ3v) is 4.92. The summed E-state index contributed by atoms with van der Waals surface area (Å²) in [5, 5.41) is 25.9. The Morgan fingerprint density at radius 2 is 2.26 bits per heavy atom. The molecule has 2 N–H and O–H groups in total. The zero-order chi connectivity index (χ0) is 22.8. The summed E-state index contributed by atoms with van der Waals surface area (Å²) in [6.45, 7) is 5.83. The van der Waals surface area contributed by atoms with Gasteiger partial charge in [-0.15, -0.1) is 0 Å². The van der Waals surface area contributed by atoms with Crippen LogP contribution in [-0.2, 0) is 15.9 Å². The second kappa shape index (κ2) is 8.85. The number of hydrogen-bond acceptors (Lipinski definition) is 9. The molecule has 166 valence electrons. The van der Waals surface area contributed by atoms with Crippen LogP contribution >= 0.6 is 0 Å². The number of fused-ring (bicyclic) bond motifs is 2. The fourth-order valence-corrected chi connectivity index (χ4v) is 3.54. The molecule has 3 heterocycles. The van der Waals surface area contributed by atoms with Crippen molar-refractivity contribution >= 4 is 25.0 Å². The molecule has 2 saturated heterocycles. The van der Waals surface area contributed by atoms with E-state index in [1.807, 2.05) is 0 Å². The zero-order valence-electron chi connectivity index (χ0n) is 17.9. The van der Waals surface area contributed by atoms with Crippen molar-refractivity contribution < 1.29 is 28.7 Å². The van der Waals surface area contributed by atoms with Crippen molar-refractivity contribution in [1.29, 1.82) is 5.26 Å². The molecule has 0 aromatic carbocycles. The SMILES string of the molecule is CN(Cc1cc([C@@H]2CCC3CN2C(=O)N3O)no1)C(=BOC#N)NC(=O)OC(C)(C)C. The van der Waals surface area contributed by atoms with Crippen LogP contribution in [-0.4, -0.2) is 75.4 Å². The Kier molecular flexibility index (Phi) is 6.40. The Hall–Kier alpha value is -3.27. The van der Waals surface area contributed by atoms with Crippen molar-refractivity contribution in [2.24, 2.45) is 0 Å². The molecule has 2 bridgehead atoms. The second-order valence-electron chi connectivity index (χ2n) is 8.44. The van der Waals surface area contributed by atoms with Crippen LogP contribution in [0.3, 0.4) is 0 Å². The predicted octanol–water partition coefficient (Wildman–Crippen LogP) is 1.17. The van der Waals surface area contributed by atoms with Gasteiger partial charge >= 0.3 is 179 Å². The summed E-state index contributed by atoms with van der Waals surface area (Å²) in [5.74, 6) is 0.473. The van der Waals surface area contributed by atoms with Crippen LogP contribution in [0.5, 0.6) is 0 Å². The van der Waals surface area contributed by atoms with Crippen LogP contribution in [0.1, 0.15) is 51.1 Å². The number of urea groups is 1. The van der Waals surface area contributed by atoms with E-state index in [4.69, 9.17) is 14.5 Å². The second-order valence-corrected chi connectivity index (χ2v) is 8.44. The van der Waals surface area contributed by atoms with Gasteiger partial charge in [0, 0.05) is 0 Å². The van der Waals surface area contributed by atoms with Crippen LogP contribution in [0, 0.1) is 11.5 Å². The summed E-state index contributed by atoms with van der Waals surface area (Å²) in [7, 11) is 2.74. The molecular formula is C18H25BN6O6. The van der Waals surface area contributed by atoms with Crippen LogP contribution in [0.2, 0.25) is 0 Å². The standard InChI is InChI=1S/C18H25BN6O6/c1-18(2,3)30-16(26)21-15(19-29-10-20)23(4)9-12-7-13(22-31-12)14-6-5-11-8-24(14)17(27)25(11)28/h7,11,14,28H,5-6,8-9H2,1-4H3,(H,21,26)/t11?,14-/m0/s1. The molecule has 3 rings (SSSR count). The van der Waals surface area contributed by atoms with Gasteiger partial charge < -0.3 is 0 Å². The number of amides is 3. The van der Waals surface area contributed by atoms with E-state index in [1.54, 1.807) is 43.7 Å². The molecule has 13 heteroatoms. The maximum absolute atomic E-state index is 12.2. The van der Waals surface area contributed by atoms with Gasteiger partial charge in [-0.25, -0.2) is 0 Å². The normalized spacial score (nSPS) is 20.8. The quantitative estimate of drug-likeness (QED) is 0.384. The number of carbonyl (C=O) groups excluding carboxylic acids is 2. The van der Waals surface area contributed by atoms with Crippen molar-refractivity contribution in [3.63, 3.8) is 0 Å². The van der Waals surface area contributed by atoms with Crippen molar-refractivity contribution in [2.45, 2.75) is 57.8 Å². The molecule has 3 amide bonds. The Bertz CT molecular complexity index is 906. The van der Waals surface area contributed by atoms with E-state index < -0.39 is 17.7 Å². The van der Waals surface area contributed by atoms with Crippen molar-refractivity contribution in [2.75, 3.05) is 13.6 Å². The number of ether oxygens (including phenoxy) is 1. The third-order valence-electron chi connectivity index (χ3n) is 4.92. The Balaban J connectivity index is 1.67. The fourth-order valence-electron chi connectivity index (χ4n) is 3.54. The first-order chi connectivity index (χ1) is 14.6. The summed E-state index contributed by atoms with van der Waals surface area (Å²) in [4.78, 5) is 27.4. The van der Waals surface area contributed by atoms with Gasteiger partial charge in [-0.05, 0) is 0 Å². The number of nitrogens with one attached hydrogen (secondary N) is 1. The van der Waals surface area contributed by atoms with E-state index >= 15 is 0 Å². The molecule has 1 aromatic rings. The van der Waals surface area contributed by atoms with Gasteiger partial charge in [0.2, 0.25) is 0 Å². The molecule has 12 nitrogen and oxygen atoms in total. The molecule has 31 heavy (non-hydrogen) atoms. The van der Waals surface area contributed by atoms with Gasteiger partial charge in [0.15, 0.2) is 0 Å². The number of nitriles is 1. The number of piperidine rings is 1. The summed E-state index contributed by atoms with van der Waals surface area (Å²) in [6.07, 6.45) is 2.14. The van der Waals surface area contributed by atoms with Crippen molar-refractivity contribution in [3.05, 3.63) is 17.5 Å². The number of nitrogens with zero attached hydrogens (tertiary/aromatic N) is 5. The molecule has 2 aliphatic rings. The van der Waals surface area contributed by atoms with Crippen molar-refractivity contribution in [3.8, 4) is 6.26 Å². The van der Waals surface area contributed by atoms with Crippen LogP contribution < -0.4 is 5.32 Å². The predicted molar refractivity (Wildman–Crippen MR) is 106 cm³/mol. The number of carbonyl (C=O) groups is 2. The summed E-state index contributed by atoms with van der Waals surface area (Å²) < 4.78 is 15.3. The molecule has 1 unspecified atom stereocenters. The van der Waals surface area contributed by atoms with Crippen LogP contribution in [0.4, 0.5) is 9.59 Å². The molecule has 2 fully saturated rings. The summed E-state index contributed by atoms with van der Waals surface area (Å²) in [6, 6.07) is 0.827. The minimum atomic E-state index is -0.705. The minimum absolute atomic E-state index is 0.180. The molecule has 2 aliphatic heterocycles. The Labute approximate surface area is 180 Å². The number of aromatic nitrogens is 1. The van der Waals surface area contributed by atoms with Gasteiger partial charge in [0.1, 0.15) is 0 Å². The molecule has 0 radical (unpaired) electrons. The summed E-state index contributed by atoms with van der Waals surface area (Å²) >= 11 is 0. The van der Waals surface area contributed by atoms with Gasteiger partial charge in [-0.3, -0.25) is 0 Å². The number of hydroxylamine groups is 2. The van der Waals surface area contributed by atoms with Gasteiger partial charge in [-0.1, -0.05) is 0 Å². The molecule has 0 aliphatic carbocycles. The first kappa shape index (κ1) is 22.4. The summed E-state index contributed by atoms with van der Waals surface area (Å²) in [5.41, 5.74) is 0.0733. The van der Waals surface area contributed by atoms with Crippen molar-refractivity contribution in [1.82, 2.24) is 25.3 Å². The molecule has 2 atom stereocenters. The maximum atomic E-state index is 12.2. The van der Waals surface area contributed by atoms with E-state index in [0.29, 0.717) is 30.8 Å². The average Bonchev–Trinajstić information content (AvgIpc) is 3.23. The first-order valence-corrected chi connectivity index (χ1v) is 9.79. The number of hydrogen-bond donors (Lipinski definition) is 2. The van der Waals surface area contributed by atoms with E-state index in [-0.39, 0.29) is 24.3 Å². The Morgan fingerprint density at radius 1 is 1.52 bits per heavy atom. The molecule has 1 aromatic heterocycles. The number of rotatable bonds is 6. The van der Waals surface area contributed by atoms with Gasteiger partial charge in [0.25, 0.3) is 0 Å². The topological polar surface area (TPSA) is 144 Å². The van der Waals surface area contributed by atoms with Crippen LogP contribution in [0.25, 0.3) is 0 Å². The average molecular weight is 432 g/mol. The molecule has 0 saturated carbocycles. The zero-order valence-corrected chi connectivity index (χ0v) is 17.9. The first-order valence-electron chi connectivity index (χ1n) is 9.79. The monoisotopic (exact) mass is 432 g/mol. The van der Waals surface area contributed by atoms with E-state index in [1.165, 1.54) is 6.26 Å². The molecular weight excluding hydrogens is 407 g/mol. The van der Waals surface area contributed by atoms with E-state index in [2.05, 4.69) is 15.1 Å². The van der Waals surface area contributed by atoms with E-state index in [0.717, 1.165) is 12.2 Å². The number of alkyl carbamates (subject to hydrolysis) is 1. The third kappa shape index (κ3) is 5.27.